The summed E-state index contributed by atoms with van der Waals surface area (Å²) in [7, 11) is 0. The van der Waals surface area contributed by atoms with Gasteiger partial charge in [-0.15, -0.1) is 0 Å². The molecule has 0 aliphatic heterocycles. The van der Waals surface area contributed by atoms with E-state index in [9.17, 15) is 9.18 Å². The number of nitrogens with one attached hydrogen (secondary N) is 1. The second-order valence-corrected chi connectivity index (χ2v) is 3.91. The summed E-state index contributed by atoms with van der Waals surface area (Å²) < 4.78 is 12.7. The number of hydrogen-bond acceptors (Lipinski definition) is 3. The maximum atomic E-state index is 12.7. The van der Waals surface area contributed by atoms with Crippen molar-refractivity contribution < 1.29 is 9.18 Å². The SMILES string of the molecule is Cc1cccc(C=NNC(=O)c2ccc(F)cc2)n1. The first-order valence-corrected chi connectivity index (χ1v) is 5.68. The van der Waals surface area contributed by atoms with Crippen LogP contribution >= 0.6 is 0 Å². The minimum atomic E-state index is -0.399. The molecule has 0 saturated heterocycles. The van der Waals surface area contributed by atoms with Gasteiger partial charge >= 0.3 is 0 Å². The van der Waals surface area contributed by atoms with Gasteiger partial charge in [0.2, 0.25) is 0 Å². The van der Waals surface area contributed by atoms with Gasteiger partial charge in [0, 0.05) is 11.3 Å². The molecule has 0 atom stereocenters. The largest absolute Gasteiger partial charge is 0.271 e. The fourth-order valence-electron chi connectivity index (χ4n) is 1.46. The molecule has 1 N–H and O–H groups in total. The van der Waals surface area contributed by atoms with E-state index >= 15 is 0 Å². The molecule has 0 aliphatic carbocycles. The number of pyridine rings is 1. The van der Waals surface area contributed by atoms with E-state index in [4.69, 9.17) is 0 Å². The number of benzene rings is 1. The third-order valence-corrected chi connectivity index (χ3v) is 2.38. The van der Waals surface area contributed by atoms with E-state index in [1.165, 1.54) is 30.5 Å². The maximum Gasteiger partial charge on any atom is 0.271 e. The zero-order valence-electron chi connectivity index (χ0n) is 10.3. The summed E-state index contributed by atoms with van der Waals surface area (Å²) in [4.78, 5) is 15.8. The van der Waals surface area contributed by atoms with Crippen LogP contribution in [0.15, 0.2) is 47.6 Å². The van der Waals surface area contributed by atoms with Crippen LogP contribution in [0, 0.1) is 12.7 Å². The molecule has 0 fully saturated rings. The number of carbonyl (C=O) groups is 1. The molecule has 5 heteroatoms. The molecule has 1 aromatic carbocycles. The third-order valence-electron chi connectivity index (χ3n) is 2.38. The van der Waals surface area contributed by atoms with Crippen molar-refractivity contribution in [1.29, 1.82) is 0 Å². The van der Waals surface area contributed by atoms with Gasteiger partial charge in [0.05, 0.1) is 11.9 Å². The van der Waals surface area contributed by atoms with Crippen LogP contribution in [-0.4, -0.2) is 17.1 Å². The van der Waals surface area contributed by atoms with Gasteiger partial charge in [0.1, 0.15) is 5.82 Å². The van der Waals surface area contributed by atoms with Crippen LogP contribution in [0.1, 0.15) is 21.7 Å². The third kappa shape index (κ3) is 3.70. The summed E-state index contributed by atoms with van der Waals surface area (Å²) in [6.07, 6.45) is 1.45. The van der Waals surface area contributed by atoms with Crippen LogP contribution in [0.25, 0.3) is 0 Å². The summed E-state index contributed by atoms with van der Waals surface area (Å²) in [5.41, 5.74) is 4.22. The van der Waals surface area contributed by atoms with Crippen molar-refractivity contribution >= 4 is 12.1 Å². The molecule has 0 spiro atoms. The fourth-order valence-corrected chi connectivity index (χ4v) is 1.46. The molecule has 1 amide bonds. The molecular formula is C14H12FN3O. The van der Waals surface area contributed by atoms with Gasteiger partial charge in [0.25, 0.3) is 5.91 Å². The molecule has 0 saturated carbocycles. The minimum Gasteiger partial charge on any atom is -0.267 e. The average molecular weight is 257 g/mol. The number of hydrogen-bond donors (Lipinski definition) is 1. The van der Waals surface area contributed by atoms with Crippen LogP contribution in [0.3, 0.4) is 0 Å². The normalized spacial score (nSPS) is 10.6. The Kier molecular flexibility index (Phi) is 3.97. The van der Waals surface area contributed by atoms with Crippen LogP contribution < -0.4 is 5.43 Å². The molecular weight excluding hydrogens is 245 g/mol. The van der Waals surface area contributed by atoms with E-state index in [2.05, 4.69) is 15.5 Å². The quantitative estimate of drug-likeness (QED) is 0.677. The Hall–Kier alpha value is -2.56. The molecule has 0 radical (unpaired) electrons. The van der Waals surface area contributed by atoms with Gasteiger partial charge < -0.3 is 0 Å². The number of hydrazone groups is 1. The van der Waals surface area contributed by atoms with Crippen molar-refractivity contribution in [1.82, 2.24) is 10.4 Å². The maximum absolute atomic E-state index is 12.7. The van der Waals surface area contributed by atoms with Crippen molar-refractivity contribution in [2.45, 2.75) is 6.92 Å². The summed E-state index contributed by atoms with van der Waals surface area (Å²) in [5, 5.41) is 3.80. The molecule has 2 rings (SSSR count). The predicted molar refractivity (Wildman–Crippen MR) is 70.4 cm³/mol. The number of rotatable bonds is 3. The molecule has 0 unspecified atom stereocenters. The number of carbonyl (C=O) groups excluding carboxylic acids is 1. The molecule has 1 aromatic heterocycles. The van der Waals surface area contributed by atoms with Crippen molar-refractivity contribution in [2.24, 2.45) is 5.10 Å². The van der Waals surface area contributed by atoms with Gasteiger partial charge in [0.15, 0.2) is 0 Å². The minimum absolute atomic E-state index is 0.343. The number of aryl methyl sites for hydroxylation is 1. The van der Waals surface area contributed by atoms with Crippen molar-refractivity contribution in [2.75, 3.05) is 0 Å². The summed E-state index contributed by atoms with van der Waals surface area (Å²) in [6, 6.07) is 10.7. The Morgan fingerprint density at radius 3 is 2.68 bits per heavy atom. The standard InChI is InChI=1S/C14H12FN3O/c1-10-3-2-4-13(17-10)9-16-18-14(19)11-5-7-12(15)8-6-11/h2-9H,1H3,(H,18,19). The first-order valence-electron chi connectivity index (χ1n) is 5.68. The molecule has 2 aromatic rings. The smallest absolute Gasteiger partial charge is 0.267 e. The number of nitrogens with zero attached hydrogens (tertiary/aromatic N) is 2. The Labute approximate surface area is 110 Å². The lowest BCUT2D eigenvalue weighted by Crippen LogP contribution is -2.17. The molecule has 96 valence electrons. The van der Waals surface area contributed by atoms with E-state index in [1.807, 2.05) is 19.1 Å². The van der Waals surface area contributed by atoms with E-state index in [-0.39, 0.29) is 5.82 Å². The van der Waals surface area contributed by atoms with Crippen molar-refractivity contribution in [3.63, 3.8) is 0 Å². The molecule has 19 heavy (non-hydrogen) atoms. The highest BCUT2D eigenvalue weighted by Crippen LogP contribution is 2.02. The first-order chi connectivity index (χ1) is 9.15. The lowest BCUT2D eigenvalue weighted by atomic mass is 10.2. The number of amides is 1. The van der Waals surface area contributed by atoms with Crippen LogP contribution in [0.2, 0.25) is 0 Å². The van der Waals surface area contributed by atoms with Crippen LogP contribution in [0.5, 0.6) is 0 Å². The molecule has 4 nitrogen and oxygen atoms in total. The summed E-state index contributed by atoms with van der Waals surface area (Å²) >= 11 is 0. The summed E-state index contributed by atoms with van der Waals surface area (Å²) in [6.45, 7) is 1.87. The molecule has 0 aliphatic rings. The van der Waals surface area contributed by atoms with E-state index in [0.29, 0.717) is 11.3 Å². The Balaban J connectivity index is 1.98. The van der Waals surface area contributed by atoms with Gasteiger partial charge in [-0.25, -0.2) is 9.82 Å². The number of halogens is 1. The van der Waals surface area contributed by atoms with Gasteiger partial charge in [-0.2, -0.15) is 5.10 Å². The number of aromatic nitrogens is 1. The second-order valence-electron chi connectivity index (χ2n) is 3.91. The van der Waals surface area contributed by atoms with Gasteiger partial charge in [-0.3, -0.25) is 9.78 Å². The first kappa shape index (κ1) is 12.9. The zero-order valence-corrected chi connectivity index (χ0v) is 10.3. The lowest BCUT2D eigenvalue weighted by molar-refractivity contribution is 0.0955. The average Bonchev–Trinajstić information content (AvgIpc) is 2.39. The van der Waals surface area contributed by atoms with Crippen LogP contribution in [0.4, 0.5) is 4.39 Å². The van der Waals surface area contributed by atoms with Gasteiger partial charge in [-0.1, -0.05) is 6.07 Å². The lowest BCUT2D eigenvalue weighted by Gasteiger charge is -1.99. The second kappa shape index (κ2) is 5.86. The monoisotopic (exact) mass is 257 g/mol. The summed E-state index contributed by atoms with van der Waals surface area (Å²) in [5.74, 6) is -0.784. The Bertz CT molecular complexity index is 608. The van der Waals surface area contributed by atoms with Crippen LogP contribution in [-0.2, 0) is 0 Å². The Morgan fingerprint density at radius 1 is 1.26 bits per heavy atom. The van der Waals surface area contributed by atoms with Crippen molar-refractivity contribution in [3.05, 3.63) is 65.2 Å². The zero-order chi connectivity index (χ0) is 13.7. The Morgan fingerprint density at radius 2 is 2.00 bits per heavy atom. The molecule has 0 bridgehead atoms. The topological polar surface area (TPSA) is 54.4 Å². The fraction of sp³-hybridized carbons (Fsp3) is 0.0714. The van der Waals surface area contributed by atoms with Gasteiger partial charge in [-0.05, 0) is 43.3 Å². The van der Waals surface area contributed by atoms with Crippen molar-refractivity contribution in [3.8, 4) is 0 Å². The van der Waals surface area contributed by atoms with E-state index in [1.54, 1.807) is 6.07 Å². The molecule has 1 heterocycles. The highest BCUT2D eigenvalue weighted by molar-refractivity contribution is 5.94. The van der Waals surface area contributed by atoms with E-state index in [0.717, 1.165) is 5.69 Å². The van der Waals surface area contributed by atoms with E-state index < -0.39 is 5.91 Å². The highest BCUT2D eigenvalue weighted by atomic mass is 19.1. The predicted octanol–water partition coefficient (Wildman–Crippen LogP) is 2.29. The highest BCUT2D eigenvalue weighted by Gasteiger charge is 2.03.